The summed E-state index contributed by atoms with van der Waals surface area (Å²) in [6.45, 7) is -1.44. The molecule has 32 heavy (non-hydrogen) atoms. The van der Waals surface area contributed by atoms with Crippen LogP contribution in [0.25, 0.3) is 0 Å². The molecule has 182 valence electrons. The second kappa shape index (κ2) is 8.51. The molecule has 0 spiro atoms. The van der Waals surface area contributed by atoms with E-state index < -0.39 is 70.6 Å². The summed E-state index contributed by atoms with van der Waals surface area (Å²) in [6.07, 6.45) is 0.195. The highest BCUT2D eigenvalue weighted by atomic mass is 35.5. The number of H-pyrrole nitrogens is 1. The molecule has 1 aliphatic carbocycles. The molecule has 6 N–H and O–H groups in total. The predicted molar refractivity (Wildman–Crippen MR) is 102 cm³/mol. The molecule has 1 aromatic rings. The first-order valence-corrected chi connectivity index (χ1v) is 13.5. The second-order valence-corrected chi connectivity index (χ2v) is 12.2. The Kier molecular flexibility index (Phi) is 6.89. The van der Waals surface area contributed by atoms with Gasteiger partial charge in [0.2, 0.25) is 0 Å². The van der Waals surface area contributed by atoms with Gasteiger partial charge in [-0.25, -0.2) is 18.5 Å². The van der Waals surface area contributed by atoms with E-state index in [0.717, 1.165) is 16.8 Å². The maximum atomic E-state index is 12.1. The second-order valence-electron chi connectivity index (χ2n) is 7.08. The van der Waals surface area contributed by atoms with E-state index in [9.17, 15) is 38.2 Å². The lowest BCUT2D eigenvalue weighted by molar-refractivity contribution is -0.105. The molecule has 20 heteroatoms. The number of aliphatic hydroxyl groups excluding tert-OH is 1. The van der Waals surface area contributed by atoms with Crippen LogP contribution >= 0.6 is 35.1 Å². The summed E-state index contributed by atoms with van der Waals surface area (Å²) in [6, 6.07) is 0.974. The van der Waals surface area contributed by atoms with Crippen LogP contribution in [0.15, 0.2) is 21.9 Å². The summed E-state index contributed by atoms with van der Waals surface area (Å²) in [5.74, 6) is -0.469. The van der Waals surface area contributed by atoms with Crippen LogP contribution in [0.5, 0.6) is 0 Å². The number of ether oxygens (including phenoxy) is 1. The summed E-state index contributed by atoms with van der Waals surface area (Å²) < 4.78 is 52.6. The Balaban J connectivity index is 1.82. The molecular weight excluding hydrogens is 525 g/mol. The van der Waals surface area contributed by atoms with Gasteiger partial charge in [0.1, 0.15) is 11.7 Å². The van der Waals surface area contributed by atoms with Crippen molar-refractivity contribution in [3.8, 4) is 0 Å². The number of hydrogen-bond acceptors (Lipinski definition) is 10. The van der Waals surface area contributed by atoms with Gasteiger partial charge in [0.25, 0.3) is 5.56 Å². The smallest absolute Gasteiger partial charge is 0.386 e. The number of phosphoric acid groups is 3. The van der Waals surface area contributed by atoms with Gasteiger partial charge >= 0.3 is 29.2 Å². The van der Waals surface area contributed by atoms with Crippen molar-refractivity contribution in [3.05, 3.63) is 33.1 Å². The first-order valence-electron chi connectivity index (χ1n) is 8.61. The van der Waals surface area contributed by atoms with Crippen molar-refractivity contribution in [2.45, 2.75) is 29.5 Å². The SMILES string of the molecule is O=c1ccn([C@@]2(Cl)CO[C@@](COP(=O)(O)OP(=O)(O)OP(=O)(O)O)(C3CC3)[C@H]2O)c(=O)[nH]1. The molecule has 0 radical (unpaired) electrons. The van der Waals surface area contributed by atoms with Crippen molar-refractivity contribution in [1.29, 1.82) is 0 Å². The van der Waals surface area contributed by atoms with Crippen LogP contribution in [0.1, 0.15) is 12.8 Å². The molecule has 2 heterocycles. The third kappa shape index (κ3) is 5.50. The van der Waals surface area contributed by atoms with E-state index in [4.69, 9.17) is 26.1 Å². The molecule has 1 saturated heterocycles. The Bertz CT molecular complexity index is 1140. The Hall–Kier alpha value is -0.700. The Morgan fingerprint density at radius 2 is 1.78 bits per heavy atom. The molecule has 16 nitrogen and oxygen atoms in total. The van der Waals surface area contributed by atoms with Crippen molar-refractivity contribution < 1.29 is 56.3 Å². The number of aliphatic hydroxyl groups is 1. The van der Waals surface area contributed by atoms with E-state index in [1.54, 1.807) is 0 Å². The standard InChI is InChI=1S/C12H18ClN2O14P3/c13-12(15-4-3-8(16)14-10(15)18)6-26-11(9(12)17,7-1-2-7)5-27-31(22,23)29-32(24,25)28-30(19,20)21/h3-4,7,9,17H,1-2,5-6H2,(H,22,23)(H,24,25)(H,14,16,18)(H2,19,20,21)/t9-,11+,12+/m1/s1. The van der Waals surface area contributed by atoms with E-state index >= 15 is 0 Å². The monoisotopic (exact) mass is 542 g/mol. The summed E-state index contributed by atoms with van der Waals surface area (Å²) in [7, 11) is -16.8. The minimum atomic E-state index is -5.74. The maximum absolute atomic E-state index is 12.1. The molecule has 2 unspecified atom stereocenters. The molecule has 0 amide bonds. The third-order valence-corrected chi connectivity index (χ3v) is 9.07. The highest BCUT2D eigenvalue weighted by Gasteiger charge is 2.65. The average molecular weight is 543 g/mol. The van der Waals surface area contributed by atoms with Crippen LogP contribution in [0.3, 0.4) is 0 Å². The number of nitrogens with one attached hydrogen (secondary N) is 1. The average Bonchev–Trinajstić information content (AvgIpc) is 3.40. The molecule has 0 bridgehead atoms. The van der Waals surface area contributed by atoms with Crippen LogP contribution in [0.2, 0.25) is 0 Å². The topological polar surface area (TPSA) is 244 Å². The zero-order valence-corrected chi connectivity index (χ0v) is 19.2. The number of halogens is 1. The molecule has 1 aromatic heterocycles. The fourth-order valence-electron chi connectivity index (χ4n) is 3.32. The highest BCUT2D eigenvalue weighted by Crippen LogP contribution is 2.67. The van der Waals surface area contributed by atoms with E-state index in [-0.39, 0.29) is 0 Å². The van der Waals surface area contributed by atoms with Gasteiger partial charge in [0.15, 0.2) is 5.00 Å². The minimum Gasteiger partial charge on any atom is -0.386 e. The largest absolute Gasteiger partial charge is 0.490 e. The van der Waals surface area contributed by atoms with Crippen molar-refractivity contribution >= 4 is 35.1 Å². The Morgan fingerprint density at radius 1 is 1.16 bits per heavy atom. The Morgan fingerprint density at radius 3 is 2.31 bits per heavy atom. The highest BCUT2D eigenvalue weighted by molar-refractivity contribution is 7.66. The fourth-order valence-corrected chi connectivity index (χ4v) is 6.75. The third-order valence-electron chi connectivity index (χ3n) is 4.79. The van der Waals surface area contributed by atoms with Gasteiger partial charge in [-0.05, 0) is 18.8 Å². The fraction of sp³-hybridized carbons (Fsp3) is 0.667. The number of hydrogen-bond donors (Lipinski definition) is 6. The van der Waals surface area contributed by atoms with E-state index in [1.165, 1.54) is 0 Å². The van der Waals surface area contributed by atoms with Crippen molar-refractivity contribution in [2.24, 2.45) is 5.92 Å². The molecule has 5 atom stereocenters. The predicted octanol–water partition coefficient (Wildman–Crippen LogP) is -0.689. The summed E-state index contributed by atoms with van der Waals surface area (Å²) >= 11 is 6.45. The first kappa shape index (κ1) is 25.9. The van der Waals surface area contributed by atoms with Gasteiger partial charge in [-0.2, -0.15) is 8.62 Å². The maximum Gasteiger partial charge on any atom is 0.490 e. The molecule has 0 aromatic carbocycles. The van der Waals surface area contributed by atoms with Crippen LogP contribution in [0, 0.1) is 5.92 Å². The van der Waals surface area contributed by atoms with Gasteiger partial charge in [0.05, 0.1) is 13.2 Å². The van der Waals surface area contributed by atoms with Gasteiger partial charge in [0, 0.05) is 12.3 Å². The zero-order valence-electron chi connectivity index (χ0n) is 15.7. The quantitative estimate of drug-likeness (QED) is 0.167. The van der Waals surface area contributed by atoms with Gasteiger partial charge < -0.3 is 29.4 Å². The summed E-state index contributed by atoms with van der Waals surface area (Å²) in [4.78, 5) is 59.5. The summed E-state index contributed by atoms with van der Waals surface area (Å²) in [5, 5.41) is 11.0. The molecule has 2 fully saturated rings. The molecule has 2 aliphatic rings. The normalized spacial score (nSPS) is 32.4. The lowest BCUT2D eigenvalue weighted by atomic mass is 9.89. The van der Waals surface area contributed by atoms with E-state index in [2.05, 4.69) is 13.1 Å². The first-order chi connectivity index (χ1) is 14.5. The van der Waals surface area contributed by atoms with Crippen LogP contribution in [-0.4, -0.2) is 59.2 Å². The lowest BCUT2D eigenvalue weighted by Gasteiger charge is -2.35. The lowest BCUT2D eigenvalue weighted by Crippen LogP contribution is -2.55. The van der Waals surface area contributed by atoms with E-state index in [0.29, 0.717) is 12.8 Å². The number of phosphoric ester groups is 1. The molecular formula is C12H18ClN2O14P3. The van der Waals surface area contributed by atoms with Crippen molar-refractivity contribution in [3.63, 3.8) is 0 Å². The summed E-state index contributed by atoms with van der Waals surface area (Å²) in [5.41, 5.74) is -3.46. The van der Waals surface area contributed by atoms with Crippen LogP contribution < -0.4 is 11.2 Å². The van der Waals surface area contributed by atoms with E-state index in [1.807, 2.05) is 4.98 Å². The minimum absolute atomic E-state index is 0.463. The number of aromatic nitrogens is 2. The van der Waals surface area contributed by atoms with Crippen LogP contribution in [-0.2, 0) is 36.6 Å². The van der Waals surface area contributed by atoms with Gasteiger partial charge in [-0.3, -0.25) is 18.9 Å². The molecule has 3 rings (SSSR count). The number of aromatic amines is 1. The number of nitrogens with zero attached hydrogens (tertiary/aromatic N) is 1. The zero-order chi connectivity index (χ0) is 24.2. The van der Waals surface area contributed by atoms with Gasteiger partial charge in [-0.1, -0.05) is 11.6 Å². The van der Waals surface area contributed by atoms with Gasteiger partial charge in [-0.15, -0.1) is 0 Å². The van der Waals surface area contributed by atoms with Crippen molar-refractivity contribution in [1.82, 2.24) is 9.55 Å². The number of rotatable bonds is 9. The number of alkyl halides is 1. The Labute approximate surface area is 183 Å². The van der Waals surface area contributed by atoms with Crippen molar-refractivity contribution in [2.75, 3.05) is 13.2 Å². The molecule has 1 aliphatic heterocycles. The molecule has 1 saturated carbocycles. The van der Waals surface area contributed by atoms with Crippen LogP contribution in [0.4, 0.5) is 0 Å².